The van der Waals surface area contributed by atoms with Gasteiger partial charge in [0.15, 0.2) is 0 Å². The summed E-state index contributed by atoms with van der Waals surface area (Å²) in [5, 5.41) is 3.27. The molecule has 0 aliphatic carbocycles. The highest BCUT2D eigenvalue weighted by Gasteiger charge is 2.38. The minimum absolute atomic E-state index is 0. The van der Waals surface area contributed by atoms with E-state index in [4.69, 9.17) is 0 Å². The molecule has 0 bridgehead atoms. The fourth-order valence-corrected chi connectivity index (χ4v) is 3.03. The topological polar surface area (TPSA) is 32.3 Å². The second-order valence-corrected chi connectivity index (χ2v) is 5.47. The molecule has 0 saturated carbocycles. The molecule has 7 heteroatoms. The van der Waals surface area contributed by atoms with Gasteiger partial charge in [-0.25, -0.2) is 0 Å². The van der Waals surface area contributed by atoms with Gasteiger partial charge in [-0.05, 0) is 30.0 Å². The third-order valence-corrected chi connectivity index (χ3v) is 4.11. The standard InChI is InChI=1S/C14H15F3N2O.ClH/c15-14(16,17)12-3-1-2-9(4-12)13(20)19-7-10-5-18-6-11(10)8-19;/h1-4,10-11,18H,5-8H2;1H/t10-,11+;. The number of alkyl halides is 3. The smallest absolute Gasteiger partial charge is 0.338 e. The van der Waals surface area contributed by atoms with Crippen LogP contribution in [0, 0.1) is 11.8 Å². The van der Waals surface area contributed by atoms with Gasteiger partial charge in [0.2, 0.25) is 0 Å². The SMILES string of the molecule is Cl.O=C(c1cccc(C(F)(F)F)c1)N1C[C@H]2CNC[C@H]2C1. The predicted molar refractivity (Wildman–Crippen MR) is 74.4 cm³/mol. The van der Waals surface area contributed by atoms with Gasteiger partial charge in [-0.2, -0.15) is 13.2 Å². The van der Waals surface area contributed by atoms with Crippen LogP contribution < -0.4 is 5.32 Å². The van der Waals surface area contributed by atoms with Crippen molar-refractivity contribution in [2.45, 2.75) is 6.18 Å². The van der Waals surface area contributed by atoms with E-state index in [9.17, 15) is 18.0 Å². The van der Waals surface area contributed by atoms with Crippen LogP contribution in [0.2, 0.25) is 0 Å². The molecule has 1 aromatic carbocycles. The van der Waals surface area contributed by atoms with Crippen LogP contribution in [0.25, 0.3) is 0 Å². The van der Waals surface area contributed by atoms with Crippen LogP contribution in [0.15, 0.2) is 24.3 Å². The number of halogens is 4. The molecule has 2 saturated heterocycles. The van der Waals surface area contributed by atoms with Crippen molar-refractivity contribution in [1.29, 1.82) is 0 Å². The number of nitrogens with zero attached hydrogens (tertiary/aromatic N) is 1. The number of amides is 1. The van der Waals surface area contributed by atoms with Crippen LogP contribution in [0.1, 0.15) is 15.9 Å². The lowest BCUT2D eigenvalue weighted by molar-refractivity contribution is -0.137. The number of fused-ring (bicyclic) bond motifs is 1. The molecule has 2 aliphatic rings. The first-order valence-electron chi connectivity index (χ1n) is 6.62. The quantitative estimate of drug-likeness (QED) is 0.862. The Morgan fingerprint density at radius 3 is 2.38 bits per heavy atom. The van der Waals surface area contributed by atoms with Crippen molar-refractivity contribution >= 4 is 18.3 Å². The zero-order chi connectivity index (χ0) is 14.3. The molecule has 0 unspecified atom stereocenters. The van der Waals surface area contributed by atoms with Crippen molar-refractivity contribution in [3.05, 3.63) is 35.4 Å². The summed E-state index contributed by atoms with van der Waals surface area (Å²) in [6, 6.07) is 4.66. The van der Waals surface area contributed by atoms with Gasteiger partial charge in [0.05, 0.1) is 5.56 Å². The first kappa shape index (κ1) is 16.1. The lowest BCUT2D eigenvalue weighted by Crippen LogP contribution is -2.32. The predicted octanol–water partition coefficient (Wildman–Crippen LogP) is 2.42. The highest BCUT2D eigenvalue weighted by Crippen LogP contribution is 2.31. The maximum atomic E-state index is 12.7. The monoisotopic (exact) mass is 320 g/mol. The maximum absolute atomic E-state index is 12.7. The zero-order valence-corrected chi connectivity index (χ0v) is 12.0. The molecule has 0 aromatic heterocycles. The molecule has 3 nitrogen and oxygen atoms in total. The third-order valence-electron chi connectivity index (χ3n) is 4.11. The number of hydrogen-bond donors (Lipinski definition) is 1. The van der Waals surface area contributed by atoms with Gasteiger partial charge in [0.1, 0.15) is 0 Å². The Bertz CT molecular complexity index is 523. The fourth-order valence-electron chi connectivity index (χ4n) is 3.03. The van der Waals surface area contributed by atoms with E-state index in [-0.39, 0.29) is 23.9 Å². The minimum Gasteiger partial charge on any atom is -0.338 e. The number of nitrogens with one attached hydrogen (secondary N) is 1. The van der Waals surface area contributed by atoms with E-state index in [1.807, 2.05) is 0 Å². The Kier molecular flexibility index (Phi) is 4.49. The van der Waals surface area contributed by atoms with Crippen LogP contribution in [0.3, 0.4) is 0 Å². The van der Waals surface area contributed by atoms with Crippen LogP contribution >= 0.6 is 12.4 Å². The van der Waals surface area contributed by atoms with Crippen LogP contribution in [-0.4, -0.2) is 37.0 Å². The minimum atomic E-state index is -4.41. The Hall–Kier alpha value is -1.27. The van der Waals surface area contributed by atoms with Crippen molar-refractivity contribution in [3.63, 3.8) is 0 Å². The van der Waals surface area contributed by atoms with Crippen LogP contribution in [0.4, 0.5) is 13.2 Å². The first-order valence-corrected chi connectivity index (χ1v) is 6.62. The Morgan fingerprint density at radius 2 is 1.81 bits per heavy atom. The van der Waals surface area contributed by atoms with Gasteiger partial charge >= 0.3 is 6.18 Å². The highest BCUT2D eigenvalue weighted by molar-refractivity contribution is 5.94. The van der Waals surface area contributed by atoms with Gasteiger partial charge in [-0.1, -0.05) is 6.07 Å². The molecule has 2 atom stereocenters. The summed E-state index contributed by atoms with van der Waals surface area (Å²) >= 11 is 0. The van der Waals surface area contributed by atoms with Gasteiger partial charge in [0, 0.05) is 31.7 Å². The molecular weight excluding hydrogens is 305 g/mol. The molecule has 3 rings (SSSR count). The Morgan fingerprint density at radius 1 is 1.19 bits per heavy atom. The third kappa shape index (κ3) is 3.16. The summed E-state index contributed by atoms with van der Waals surface area (Å²) in [6.07, 6.45) is -4.41. The first-order chi connectivity index (χ1) is 9.45. The molecule has 0 spiro atoms. The molecule has 2 heterocycles. The van der Waals surface area contributed by atoms with Crippen molar-refractivity contribution in [2.75, 3.05) is 26.2 Å². The summed E-state index contributed by atoms with van der Waals surface area (Å²) in [5.74, 6) is 0.569. The van der Waals surface area contributed by atoms with Crippen LogP contribution in [-0.2, 0) is 6.18 Å². The van der Waals surface area contributed by atoms with Gasteiger partial charge < -0.3 is 10.2 Å². The van der Waals surface area contributed by atoms with Crippen molar-refractivity contribution < 1.29 is 18.0 Å². The second kappa shape index (κ2) is 5.85. The number of carbonyl (C=O) groups excluding carboxylic acids is 1. The number of rotatable bonds is 1. The van der Waals surface area contributed by atoms with E-state index in [0.717, 1.165) is 25.2 Å². The molecule has 2 aliphatic heterocycles. The average Bonchev–Trinajstić information content (AvgIpc) is 2.97. The molecule has 116 valence electrons. The average molecular weight is 321 g/mol. The maximum Gasteiger partial charge on any atom is 0.416 e. The lowest BCUT2D eigenvalue weighted by Gasteiger charge is -2.18. The van der Waals surface area contributed by atoms with Gasteiger partial charge in [-0.15, -0.1) is 12.4 Å². The number of benzene rings is 1. The summed E-state index contributed by atoms with van der Waals surface area (Å²) in [6.45, 7) is 3.04. The van der Waals surface area contributed by atoms with E-state index >= 15 is 0 Å². The molecule has 1 aromatic rings. The highest BCUT2D eigenvalue weighted by atomic mass is 35.5. The normalized spacial score (nSPS) is 24.6. The van der Waals surface area contributed by atoms with Crippen molar-refractivity contribution in [3.8, 4) is 0 Å². The van der Waals surface area contributed by atoms with E-state index in [2.05, 4.69) is 5.32 Å². The zero-order valence-electron chi connectivity index (χ0n) is 11.2. The van der Waals surface area contributed by atoms with Crippen LogP contribution in [0.5, 0.6) is 0 Å². The summed E-state index contributed by atoms with van der Waals surface area (Å²) < 4.78 is 38.0. The molecule has 0 radical (unpaired) electrons. The molecular formula is C14H16ClF3N2O. The van der Waals surface area contributed by atoms with Crippen molar-refractivity contribution in [1.82, 2.24) is 10.2 Å². The number of hydrogen-bond acceptors (Lipinski definition) is 2. The Balaban J connectivity index is 0.00000161. The summed E-state index contributed by atoms with van der Waals surface area (Å²) in [7, 11) is 0. The lowest BCUT2D eigenvalue weighted by atomic mass is 10.0. The summed E-state index contributed by atoms with van der Waals surface area (Å²) in [5.41, 5.74) is -0.655. The van der Waals surface area contributed by atoms with Gasteiger partial charge in [0.25, 0.3) is 5.91 Å². The molecule has 21 heavy (non-hydrogen) atoms. The van der Waals surface area contributed by atoms with E-state index in [0.29, 0.717) is 24.9 Å². The second-order valence-electron chi connectivity index (χ2n) is 5.47. The van der Waals surface area contributed by atoms with Gasteiger partial charge in [-0.3, -0.25) is 4.79 Å². The molecule has 2 fully saturated rings. The number of likely N-dealkylation sites (tertiary alicyclic amines) is 1. The molecule has 1 N–H and O–H groups in total. The van der Waals surface area contributed by atoms with Crippen molar-refractivity contribution in [2.24, 2.45) is 11.8 Å². The molecule has 1 amide bonds. The fraction of sp³-hybridized carbons (Fsp3) is 0.500. The van der Waals surface area contributed by atoms with E-state index in [1.165, 1.54) is 12.1 Å². The largest absolute Gasteiger partial charge is 0.416 e. The van der Waals surface area contributed by atoms with E-state index in [1.54, 1.807) is 4.90 Å². The van der Waals surface area contributed by atoms with E-state index < -0.39 is 11.7 Å². The Labute approximate surface area is 126 Å². The summed E-state index contributed by atoms with van der Waals surface area (Å²) in [4.78, 5) is 14.0. The number of carbonyl (C=O) groups is 1.